The molecule has 2 amide bonds. The van der Waals surface area contributed by atoms with Gasteiger partial charge in [0.05, 0.1) is 30.3 Å². The van der Waals surface area contributed by atoms with Crippen molar-refractivity contribution in [2.45, 2.75) is 32.4 Å². The van der Waals surface area contributed by atoms with E-state index >= 15 is 0 Å². The molecule has 2 heterocycles. The lowest BCUT2D eigenvalue weighted by atomic mass is 10.0. The maximum absolute atomic E-state index is 12.5. The molecule has 25 heavy (non-hydrogen) atoms. The number of carbonyl (C=O) groups excluding carboxylic acids is 2. The summed E-state index contributed by atoms with van der Waals surface area (Å²) in [5, 5.41) is 12.3. The van der Waals surface area contributed by atoms with Crippen molar-refractivity contribution in [3.8, 4) is 6.07 Å². The van der Waals surface area contributed by atoms with Gasteiger partial charge in [0.15, 0.2) is 0 Å². The van der Waals surface area contributed by atoms with Crippen LogP contribution in [-0.2, 0) is 9.47 Å². The van der Waals surface area contributed by atoms with E-state index in [9.17, 15) is 14.9 Å². The number of halogens is 1. The Bertz CT molecular complexity index is 697. The number of carbonyl (C=O) groups is 2. The fourth-order valence-corrected chi connectivity index (χ4v) is 3.00. The van der Waals surface area contributed by atoms with Gasteiger partial charge in [0.25, 0.3) is 5.91 Å². The summed E-state index contributed by atoms with van der Waals surface area (Å²) in [7, 11) is 1.52. The molecular weight excluding hydrogens is 348 g/mol. The first-order chi connectivity index (χ1) is 11.9. The normalized spacial score (nSPS) is 20.0. The number of aromatic nitrogens is 1. The Balaban J connectivity index is 2.08. The summed E-state index contributed by atoms with van der Waals surface area (Å²) in [6, 6.07) is 1.65. The molecule has 1 saturated heterocycles. The van der Waals surface area contributed by atoms with Crippen molar-refractivity contribution in [2.24, 2.45) is 0 Å². The SMILES string of the molecule is CCOC(=O)N1CC[C@@H](NC(=O)c2[nH]c(C)c(Cl)c2C#N)[C@@H](OC)C1. The van der Waals surface area contributed by atoms with Gasteiger partial charge in [0, 0.05) is 19.3 Å². The van der Waals surface area contributed by atoms with E-state index in [1.165, 1.54) is 7.11 Å². The van der Waals surface area contributed by atoms with Crippen LogP contribution in [0.1, 0.15) is 35.1 Å². The van der Waals surface area contributed by atoms with E-state index in [0.717, 1.165) is 0 Å². The Kier molecular flexibility index (Phi) is 6.28. The van der Waals surface area contributed by atoms with E-state index in [4.69, 9.17) is 21.1 Å². The second kappa shape index (κ2) is 8.23. The standard InChI is InChI=1S/C16H21ClN4O4/c1-4-25-16(23)21-6-5-11(12(8-21)24-3)20-15(22)14-10(7-18)13(17)9(2)19-14/h11-12,19H,4-6,8H2,1-3H3,(H,20,22)/t11-,12+/m1/s1. The van der Waals surface area contributed by atoms with Crippen LogP contribution in [0.15, 0.2) is 0 Å². The lowest BCUT2D eigenvalue weighted by molar-refractivity contribution is 0.00450. The third-order valence-corrected chi connectivity index (χ3v) is 4.63. The van der Waals surface area contributed by atoms with Crippen molar-refractivity contribution >= 4 is 23.6 Å². The highest BCUT2D eigenvalue weighted by atomic mass is 35.5. The van der Waals surface area contributed by atoms with Crippen LogP contribution in [0.3, 0.4) is 0 Å². The van der Waals surface area contributed by atoms with E-state index in [2.05, 4.69) is 10.3 Å². The molecule has 8 nitrogen and oxygen atoms in total. The summed E-state index contributed by atoms with van der Waals surface area (Å²) < 4.78 is 10.4. The van der Waals surface area contributed by atoms with Crippen molar-refractivity contribution in [1.29, 1.82) is 5.26 Å². The molecule has 2 atom stereocenters. The molecule has 0 radical (unpaired) electrons. The van der Waals surface area contributed by atoms with Crippen molar-refractivity contribution in [3.63, 3.8) is 0 Å². The number of piperidine rings is 1. The molecule has 1 aliphatic rings. The molecule has 0 aromatic carbocycles. The Morgan fingerprint density at radius 1 is 1.52 bits per heavy atom. The zero-order valence-corrected chi connectivity index (χ0v) is 15.1. The molecule has 0 spiro atoms. The van der Waals surface area contributed by atoms with Gasteiger partial charge in [-0.2, -0.15) is 5.26 Å². The number of likely N-dealkylation sites (tertiary alicyclic amines) is 1. The first-order valence-corrected chi connectivity index (χ1v) is 8.34. The third-order valence-electron chi connectivity index (χ3n) is 4.15. The van der Waals surface area contributed by atoms with Gasteiger partial charge in [-0.15, -0.1) is 0 Å². The van der Waals surface area contributed by atoms with E-state index in [0.29, 0.717) is 31.8 Å². The number of amides is 2. The molecule has 2 rings (SSSR count). The van der Waals surface area contributed by atoms with Gasteiger partial charge in [0.1, 0.15) is 17.3 Å². The molecule has 0 bridgehead atoms. The molecule has 0 unspecified atom stereocenters. The van der Waals surface area contributed by atoms with Crippen molar-refractivity contribution in [1.82, 2.24) is 15.2 Å². The number of aryl methyl sites for hydroxylation is 1. The molecule has 1 aromatic heterocycles. The second-order valence-corrected chi connectivity index (χ2v) is 6.09. The average molecular weight is 369 g/mol. The Morgan fingerprint density at radius 3 is 2.84 bits per heavy atom. The van der Waals surface area contributed by atoms with Crippen LogP contribution in [0.2, 0.25) is 5.02 Å². The predicted octanol–water partition coefficient (Wildman–Crippen LogP) is 1.82. The van der Waals surface area contributed by atoms with E-state index in [-0.39, 0.29) is 28.4 Å². The summed E-state index contributed by atoms with van der Waals surface area (Å²) in [6.07, 6.45) is -0.259. The molecule has 136 valence electrons. The Hall–Kier alpha value is -2.24. The van der Waals surface area contributed by atoms with Crippen LogP contribution < -0.4 is 5.32 Å². The van der Waals surface area contributed by atoms with Gasteiger partial charge in [-0.3, -0.25) is 4.79 Å². The van der Waals surface area contributed by atoms with Crippen LogP contribution in [0, 0.1) is 18.3 Å². The van der Waals surface area contributed by atoms with Crippen LogP contribution in [0.4, 0.5) is 4.79 Å². The predicted molar refractivity (Wildman–Crippen MR) is 90.5 cm³/mol. The molecule has 1 fully saturated rings. The van der Waals surface area contributed by atoms with E-state index in [1.807, 2.05) is 6.07 Å². The largest absolute Gasteiger partial charge is 0.450 e. The number of hydrogen-bond donors (Lipinski definition) is 2. The minimum absolute atomic E-state index is 0.120. The number of nitrogens with zero attached hydrogens (tertiary/aromatic N) is 2. The maximum Gasteiger partial charge on any atom is 0.409 e. The highest BCUT2D eigenvalue weighted by Crippen LogP contribution is 2.24. The molecule has 1 aromatic rings. The third kappa shape index (κ3) is 4.06. The molecule has 1 aliphatic heterocycles. The lowest BCUT2D eigenvalue weighted by Gasteiger charge is -2.37. The van der Waals surface area contributed by atoms with Crippen molar-refractivity contribution in [2.75, 3.05) is 26.8 Å². The molecule has 9 heteroatoms. The summed E-state index contributed by atoms with van der Waals surface area (Å²) in [4.78, 5) is 28.8. The minimum Gasteiger partial charge on any atom is -0.450 e. The topological polar surface area (TPSA) is 107 Å². The number of rotatable bonds is 4. The fourth-order valence-electron chi connectivity index (χ4n) is 2.82. The van der Waals surface area contributed by atoms with Gasteiger partial charge >= 0.3 is 6.09 Å². The average Bonchev–Trinajstić information content (AvgIpc) is 2.90. The van der Waals surface area contributed by atoms with Crippen molar-refractivity contribution < 1.29 is 19.1 Å². The van der Waals surface area contributed by atoms with Crippen molar-refractivity contribution in [3.05, 3.63) is 22.0 Å². The van der Waals surface area contributed by atoms with Gasteiger partial charge in [-0.1, -0.05) is 11.6 Å². The summed E-state index contributed by atoms with van der Waals surface area (Å²) in [6.45, 7) is 4.50. The molecule has 0 aliphatic carbocycles. The van der Waals surface area contributed by atoms with Crippen LogP contribution in [0.25, 0.3) is 0 Å². The molecule has 0 saturated carbocycles. The number of H-pyrrole nitrogens is 1. The summed E-state index contributed by atoms with van der Waals surface area (Å²) in [5.41, 5.74) is 0.811. The van der Waals surface area contributed by atoms with E-state index < -0.39 is 12.0 Å². The zero-order valence-electron chi connectivity index (χ0n) is 14.4. The van der Waals surface area contributed by atoms with Crippen LogP contribution in [0.5, 0.6) is 0 Å². The second-order valence-electron chi connectivity index (χ2n) is 5.71. The quantitative estimate of drug-likeness (QED) is 0.842. The molecule has 2 N–H and O–H groups in total. The molecular formula is C16H21ClN4O4. The van der Waals surface area contributed by atoms with Crippen LogP contribution in [-0.4, -0.2) is 60.8 Å². The lowest BCUT2D eigenvalue weighted by Crippen LogP contribution is -2.56. The highest BCUT2D eigenvalue weighted by molar-refractivity contribution is 6.33. The maximum atomic E-state index is 12.5. The Labute approximate surface area is 151 Å². The zero-order chi connectivity index (χ0) is 18.6. The Morgan fingerprint density at radius 2 is 2.24 bits per heavy atom. The van der Waals surface area contributed by atoms with Gasteiger partial charge < -0.3 is 24.7 Å². The van der Waals surface area contributed by atoms with Gasteiger partial charge in [0.2, 0.25) is 0 Å². The number of methoxy groups -OCH3 is 1. The number of aromatic amines is 1. The van der Waals surface area contributed by atoms with Gasteiger partial charge in [-0.25, -0.2) is 4.79 Å². The number of nitriles is 1. The smallest absolute Gasteiger partial charge is 0.409 e. The first-order valence-electron chi connectivity index (χ1n) is 7.96. The first kappa shape index (κ1) is 19.1. The summed E-state index contributed by atoms with van der Waals surface area (Å²) >= 11 is 6.02. The number of ether oxygens (including phenoxy) is 2. The van der Waals surface area contributed by atoms with Crippen LogP contribution >= 0.6 is 11.6 Å². The monoisotopic (exact) mass is 368 g/mol. The van der Waals surface area contributed by atoms with Gasteiger partial charge in [-0.05, 0) is 20.3 Å². The summed E-state index contributed by atoms with van der Waals surface area (Å²) in [5.74, 6) is -0.428. The minimum atomic E-state index is -0.428. The highest BCUT2D eigenvalue weighted by Gasteiger charge is 2.34. The van der Waals surface area contributed by atoms with E-state index in [1.54, 1.807) is 18.7 Å². The fraction of sp³-hybridized carbons (Fsp3) is 0.562. The number of hydrogen-bond acceptors (Lipinski definition) is 5. The number of nitrogens with one attached hydrogen (secondary N) is 2.